The van der Waals surface area contributed by atoms with Gasteiger partial charge in [-0.3, -0.25) is 4.79 Å². The lowest BCUT2D eigenvalue weighted by atomic mass is 9.93. The molecule has 0 aliphatic carbocycles. The number of hydrogen-bond acceptors (Lipinski definition) is 2. The van der Waals surface area contributed by atoms with E-state index in [9.17, 15) is 4.79 Å². The molecular weight excluding hydrogens is 250 g/mol. The quantitative estimate of drug-likeness (QED) is 0.928. The van der Waals surface area contributed by atoms with Crippen molar-refractivity contribution < 1.29 is 9.53 Å². The Morgan fingerprint density at radius 3 is 2.70 bits per heavy atom. The monoisotopic (exact) mass is 267 g/mol. The number of carbonyl (C=O) groups excluding carboxylic acids is 1. The molecule has 0 fully saturated rings. The van der Waals surface area contributed by atoms with Gasteiger partial charge in [0.05, 0.1) is 6.61 Å². The minimum atomic E-state index is -0.0189. The van der Waals surface area contributed by atoms with Crippen LogP contribution in [0.2, 0.25) is 0 Å². The number of nitrogens with one attached hydrogen (secondary N) is 1. The first-order chi connectivity index (χ1) is 9.84. The van der Waals surface area contributed by atoms with Crippen LogP contribution in [0.1, 0.15) is 28.3 Å². The summed E-state index contributed by atoms with van der Waals surface area (Å²) in [4.78, 5) is 12.1. The smallest absolute Gasteiger partial charge is 0.251 e. The average molecular weight is 267 g/mol. The molecule has 1 aliphatic rings. The maximum Gasteiger partial charge on any atom is 0.251 e. The lowest BCUT2D eigenvalue weighted by Crippen LogP contribution is -2.30. The zero-order chi connectivity index (χ0) is 13.8. The molecule has 1 N–H and O–H groups in total. The van der Waals surface area contributed by atoms with Crippen molar-refractivity contribution in [1.29, 1.82) is 0 Å². The fourth-order valence-corrected chi connectivity index (χ4v) is 2.54. The van der Waals surface area contributed by atoms with Crippen LogP contribution >= 0.6 is 0 Å². The Hall–Kier alpha value is -2.29. The lowest BCUT2D eigenvalue weighted by molar-refractivity contribution is 0.0948. The SMILES string of the molecule is O=C(NCC1CCOc2ccccc21)c1ccccc1. The van der Waals surface area contributed by atoms with Crippen molar-refractivity contribution in [2.24, 2.45) is 0 Å². The molecule has 0 aromatic heterocycles. The Kier molecular flexibility index (Phi) is 3.68. The molecule has 0 saturated carbocycles. The van der Waals surface area contributed by atoms with Gasteiger partial charge in [0.2, 0.25) is 0 Å². The highest BCUT2D eigenvalue weighted by atomic mass is 16.5. The third-order valence-electron chi connectivity index (χ3n) is 3.63. The van der Waals surface area contributed by atoms with Crippen LogP contribution in [0.15, 0.2) is 54.6 Å². The lowest BCUT2D eigenvalue weighted by Gasteiger charge is -2.26. The molecule has 0 bridgehead atoms. The number of carbonyl (C=O) groups is 1. The van der Waals surface area contributed by atoms with Crippen LogP contribution in [0.3, 0.4) is 0 Å². The maximum atomic E-state index is 12.1. The van der Waals surface area contributed by atoms with E-state index < -0.39 is 0 Å². The number of para-hydroxylation sites is 1. The summed E-state index contributed by atoms with van der Waals surface area (Å²) in [6.07, 6.45) is 0.937. The Labute approximate surface area is 118 Å². The van der Waals surface area contributed by atoms with E-state index in [0.717, 1.165) is 12.2 Å². The van der Waals surface area contributed by atoms with Crippen molar-refractivity contribution in [3.05, 3.63) is 65.7 Å². The Balaban J connectivity index is 1.67. The fourth-order valence-electron chi connectivity index (χ4n) is 2.54. The number of amides is 1. The van der Waals surface area contributed by atoms with Crippen LogP contribution in [-0.2, 0) is 0 Å². The van der Waals surface area contributed by atoms with Gasteiger partial charge in [0.1, 0.15) is 5.75 Å². The van der Waals surface area contributed by atoms with E-state index in [1.807, 2.05) is 48.5 Å². The normalized spacial score (nSPS) is 16.9. The highest BCUT2D eigenvalue weighted by Gasteiger charge is 2.21. The van der Waals surface area contributed by atoms with E-state index in [0.29, 0.717) is 24.6 Å². The van der Waals surface area contributed by atoms with Crippen LogP contribution in [-0.4, -0.2) is 19.1 Å². The van der Waals surface area contributed by atoms with Crippen molar-refractivity contribution in [3.63, 3.8) is 0 Å². The van der Waals surface area contributed by atoms with Crippen molar-refractivity contribution in [1.82, 2.24) is 5.32 Å². The van der Waals surface area contributed by atoms with Gasteiger partial charge >= 0.3 is 0 Å². The molecule has 20 heavy (non-hydrogen) atoms. The van der Waals surface area contributed by atoms with Gasteiger partial charge in [-0.15, -0.1) is 0 Å². The molecule has 0 saturated heterocycles. The van der Waals surface area contributed by atoms with E-state index >= 15 is 0 Å². The zero-order valence-electron chi connectivity index (χ0n) is 11.2. The van der Waals surface area contributed by atoms with Crippen LogP contribution in [0.4, 0.5) is 0 Å². The van der Waals surface area contributed by atoms with Gasteiger partial charge in [-0.2, -0.15) is 0 Å². The highest BCUT2D eigenvalue weighted by molar-refractivity contribution is 5.94. The third kappa shape index (κ3) is 2.67. The van der Waals surface area contributed by atoms with Gasteiger partial charge in [0.25, 0.3) is 5.91 Å². The van der Waals surface area contributed by atoms with Crippen molar-refractivity contribution in [3.8, 4) is 5.75 Å². The summed E-state index contributed by atoms with van der Waals surface area (Å²) < 4.78 is 5.63. The summed E-state index contributed by atoms with van der Waals surface area (Å²) >= 11 is 0. The standard InChI is InChI=1S/C17H17NO2/c19-17(13-6-2-1-3-7-13)18-12-14-10-11-20-16-9-5-4-8-15(14)16/h1-9,14H,10-12H2,(H,18,19). The van der Waals surface area contributed by atoms with Crippen molar-refractivity contribution in [2.45, 2.75) is 12.3 Å². The first-order valence-electron chi connectivity index (χ1n) is 6.89. The van der Waals surface area contributed by atoms with Crippen LogP contribution in [0.25, 0.3) is 0 Å². The van der Waals surface area contributed by atoms with E-state index in [2.05, 4.69) is 11.4 Å². The molecule has 3 heteroatoms. The van der Waals surface area contributed by atoms with E-state index in [-0.39, 0.29) is 5.91 Å². The van der Waals surface area contributed by atoms with Gasteiger partial charge in [-0.25, -0.2) is 0 Å². The molecule has 2 aromatic rings. The Morgan fingerprint density at radius 2 is 1.85 bits per heavy atom. The van der Waals surface area contributed by atoms with Gasteiger partial charge in [0, 0.05) is 18.0 Å². The van der Waals surface area contributed by atoms with Gasteiger partial charge in [-0.05, 0) is 30.2 Å². The summed E-state index contributed by atoms with van der Waals surface area (Å²) in [6, 6.07) is 17.4. The molecule has 0 spiro atoms. The molecule has 3 nitrogen and oxygen atoms in total. The molecule has 1 unspecified atom stereocenters. The number of rotatable bonds is 3. The summed E-state index contributed by atoms with van der Waals surface area (Å²) in [5, 5.41) is 3.02. The molecule has 0 radical (unpaired) electrons. The second kappa shape index (κ2) is 5.78. The van der Waals surface area contributed by atoms with Crippen LogP contribution in [0.5, 0.6) is 5.75 Å². The van der Waals surface area contributed by atoms with Gasteiger partial charge in [-0.1, -0.05) is 36.4 Å². The fraction of sp³-hybridized carbons (Fsp3) is 0.235. The molecule has 102 valence electrons. The minimum absolute atomic E-state index is 0.0189. The molecule has 1 atom stereocenters. The first-order valence-corrected chi connectivity index (χ1v) is 6.89. The number of ether oxygens (including phenoxy) is 1. The first kappa shape index (κ1) is 12.7. The van der Waals surface area contributed by atoms with Gasteiger partial charge in [0.15, 0.2) is 0 Å². The Morgan fingerprint density at radius 1 is 1.10 bits per heavy atom. The van der Waals surface area contributed by atoms with E-state index in [1.165, 1.54) is 5.56 Å². The Bertz CT molecular complexity index is 595. The minimum Gasteiger partial charge on any atom is -0.493 e. The van der Waals surface area contributed by atoms with E-state index in [4.69, 9.17) is 4.74 Å². The molecular formula is C17H17NO2. The third-order valence-corrected chi connectivity index (χ3v) is 3.63. The zero-order valence-corrected chi connectivity index (χ0v) is 11.2. The molecule has 1 aliphatic heterocycles. The average Bonchev–Trinajstić information content (AvgIpc) is 2.53. The summed E-state index contributed by atoms with van der Waals surface area (Å²) in [5.74, 6) is 1.25. The highest BCUT2D eigenvalue weighted by Crippen LogP contribution is 2.32. The summed E-state index contributed by atoms with van der Waals surface area (Å²) in [6.45, 7) is 1.36. The van der Waals surface area contributed by atoms with Crippen LogP contribution in [0, 0.1) is 0 Å². The number of fused-ring (bicyclic) bond motifs is 1. The van der Waals surface area contributed by atoms with Crippen LogP contribution < -0.4 is 10.1 Å². The largest absolute Gasteiger partial charge is 0.493 e. The molecule has 1 heterocycles. The maximum absolute atomic E-state index is 12.1. The number of hydrogen-bond donors (Lipinski definition) is 1. The second-order valence-electron chi connectivity index (χ2n) is 4.95. The second-order valence-corrected chi connectivity index (χ2v) is 4.95. The van der Waals surface area contributed by atoms with Gasteiger partial charge < -0.3 is 10.1 Å². The predicted molar refractivity (Wildman–Crippen MR) is 78.1 cm³/mol. The molecule has 2 aromatic carbocycles. The summed E-state index contributed by atoms with van der Waals surface area (Å²) in [5.41, 5.74) is 1.89. The molecule has 3 rings (SSSR count). The molecule has 1 amide bonds. The van der Waals surface area contributed by atoms with Crippen molar-refractivity contribution in [2.75, 3.05) is 13.2 Å². The van der Waals surface area contributed by atoms with E-state index in [1.54, 1.807) is 0 Å². The predicted octanol–water partition coefficient (Wildman–Crippen LogP) is 2.98. The number of benzene rings is 2. The summed E-state index contributed by atoms with van der Waals surface area (Å²) in [7, 11) is 0. The van der Waals surface area contributed by atoms with Crippen molar-refractivity contribution >= 4 is 5.91 Å². The topological polar surface area (TPSA) is 38.3 Å².